The number of rotatable bonds is 11. The van der Waals surface area contributed by atoms with E-state index in [2.05, 4.69) is 0 Å². The monoisotopic (exact) mass is 496 g/mol. The van der Waals surface area contributed by atoms with Gasteiger partial charge in [0.25, 0.3) is 0 Å². The quantitative estimate of drug-likeness (QED) is 0.255. The van der Waals surface area contributed by atoms with Crippen molar-refractivity contribution in [1.82, 2.24) is 9.80 Å². The van der Waals surface area contributed by atoms with Crippen LogP contribution in [0.4, 0.5) is 0 Å². The molecule has 0 saturated heterocycles. The van der Waals surface area contributed by atoms with Gasteiger partial charge in [0.2, 0.25) is 0 Å². The molecule has 0 rings (SSSR count). The molecule has 0 aliphatic carbocycles. The van der Waals surface area contributed by atoms with Crippen LogP contribution >= 0.6 is 19.4 Å². The molecule has 0 aliphatic rings. The summed E-state index contributed by atoms with van der Waals surface area (Å²) in [5.74, 6) is -4.92. The van der Waals surface area contributed by atoms with Gasteiger partial charge < -0.3 is 25.9 Å². The molecule has 14 heteroatoms. The van der Waals surface area contributed by atoms with Crippen LogP contribution in [0.3, 0.4) is 0 Å². The molecule has 1 atom stereocenters. The molecule has 6 N–H and O–H groups in total. The van der Waals surface area contributed by atoms with E-state index in [-0.39, 0.29) is 27.2 Å². The minimum absolute atomic E-state index is 0. The van der Waals surface area contributed by atoms with Gasteiger partial charge in [0.15, 0.2) is 0 Å². The molecule has 0 aromatic rings. The van der Waals surface area contributed by atoms with E-state index in [0.717, 1.165) is 9.80 Å². The minimum atomic E-state index is -1.23. The van der Waals surface area contributed by atoms with E-state index in [0.29, 0.717) is 0 Å². The Morgan fingerprint density at radius 1 is 0.840 bits per heavy atom. The summed E-state index contributed by atoms with van der Waals surface area (Å²) in [7, 11) is 9.71. The van der Waals surface area contributed by atoms with E-state index in [1.807, 2.05) is 0 Å². The molecule has 0 bridgehead atoms. The Balaban J connectivity index is -0.00000112. The molecule has 0 aliphatic heterocycles. The Hall–Kier alpha value is -1.04. The van der Waals surface area contributed by atoms with Gasteiger partial charge in [-0.15, -0.1) is 0 Å². The van der Waals surface area contributed by atoms with Crippen LogP contribution in [0.25, 0.3) is 0 Å². The van der Waals surface area contributed by atoms with Crippen LogP contribution in [0.5, 0.6) is 0 Å². The number of halogens is 2. The summed E-state index contributed by atoms with van der Waals surface area (Å²) in [4.78, 5) is 44.9. The molecule has 0 aromatic heterocycles. The first-order valence-electron chi connectivity index (χ1n) is 6.22. The molecular formula is C11H20Cl2N2O9Ru. The van der Waals surface area contributed by atoms with Crippen molar-refractivity contribution < 1.29 is 60.2 Å². The van der Waals surface area contributed by atoms with Crippen molar-refractivity contribution in [1.29, 1.82) is 0 Å². The van der Waals surface area contributed by atoms with Crippen molar-refractivity contribution in [3.63, 3.8) is 0 Å². The first-order valence-corrected chi connectivity index (χ1v) is 10.7. The number of aliphatic carboxylic acids is 4. The third-order valence-corrected chi connectivity index (χ3v) is 2.54. The topological polar surface area (TPSA) is 187 Å². The average molecular weight is 496 g/mol. The van der Waals surface area contributed by atoms with Gasteiger partial charge in [-0.25, -0.2) is 0 Å². The van der Waals surface area contributed by atoms with Gasteiger partial charge in [0.1, 0.15) is 0 Å². The van der Waals surface area contributed by atoms with Crippen LogP contribution in [0.2, 0.25) is 0 Å². The maximum atomic E-state index is 10.7. The molecule has 25 heavy (non-hydrogen) atoms. The van der Waals surface area contributed by atoms with Crippen molar-refractivity contribution in [3.05, 3.63) is 0 Å². The fourth-order valence-corrected chi connectivity index (χ4v) is 1.77. The second kappa shape index (κ2) is 16.4. The van der Waals surface area contributed by atoms with Crippen molar-refractivity contribution in [3.8, 4) is 0 Å². The third kappa shape index (κ3) is 19.1. The molecule has 150 valence electrons. The number of carboxylic acid groups (broad SMARTS) is 4. The van der Waals surface area contributed by atoms with Crippen LogP contribution in [0.1, 0.15) is 6.92 Å². The first kappa shape index (κ1) is 28.8. The predicted octanol–water partition coefficient (Wildman–Crippen LogP) is -1.13. The van der Waals surface area contributed by atoms with Gasteiger partial charge in [-0.1, -0.05) is 0 Å². The van der Waals surface area contributed by atoms with Crippen LogP contribution in [0.15, 0.2) is 0 Å². The average Bonchev–Trinajstić information content (AvgIpc) is 2.35. The summed E-state index contributed by atoms with van der Waals surface area (Å²) < 4.78 is 0. The molecule has 0 spiro atoms. The third-order valence-electron chi connectivity index (χ3n) is 2.54. The van der Waals surface area contributed by atoms with Crippen LogP contribution in [-0.2, 0) is 34.3 Å². The molecular weight excluding hydrogens is 476 g/mol. The molecule has 11 nitrogen and oxygen atoms in total. The van der Waals surface area contributed by atoms with Gasteiger partial charge in [-0.3, -0.25) is 29.0 Å². The molecule has 0 fully saturated rings. The van der Waals surface area contributed by atoms with E-state index in [1.54, 1.807) is 0 Å². The van der Waals surface area contributed by atoms with E-state index >= 15 is 0 Å². The Kier molecular flexibility index (Phi) is 18.9. The predicted molar refractivity (Wildman–Crippen MR) is 83.3 cm³/mol. The zero-order valence-electron chi connectivity index (χ0n) is 13.0. The summed E-state index contributed by atoms with van der Waals surface area (Å²) in [6.07, 6.45) is 0. The van der Waals surface area contributed by atoms with Crippen molar-refractivity contribution in [2.45, 2.75) is 13.0 Å². The Bertz CT molecular complexity index is 410. The summed E-state index contributed by atoms with van der Waals surface area (Å²) in [5.41, 5.74) is 0. The Morgan fingerprint density at radius 3 is 1.36 bits per heavy atom. The maximum absolute atomic E-state index is 10.7. The molecule has 0 heterocycles. The summed E-state index contributed by atoms with van der Waals surface area (Å²) >= 11 is -0.346. The van der Waals surface area contributed by atoms with E-state index in [4.69, 9.17) is 39.8 Å². The summed E-state index contributed by atoms with van der Waals surface area (Å²) in [5, 5.41) is 34.9. The van der Waals surface area contributed by atoms with Gasteiger partial charge >= 0.3 is 58.4 Å². The first-order chi connectivity index (χ1) is 11.0. The number of hydrogen-bond acceptors (Lipinski definition) is 6. The standard InChI is InChI=1S/C11H18N2O8.2ClH.H2O.Ru/c1-7(13(5-10(18)19)6-11(20)21)2-12(3-8(14)15)4-9(16)17;;;;/h7H,2-6H2,1H3,(H,14,15)(H,16,17)(H,18,19)(H,20,21);2*1H;1H2;/q;;;;+2/p-2. The molecule has 0 radical (unpaired) electrons. The second-order valence-electron chi connectivity index (χ2n) is 4.55. The molecule has 0 aromatic carbocycles. The zero-order chi connectivity index (χ0) is 19.3. The fourth-order valence-electron chi connectivity index (χ4n) is 1.77. The Labute approximate surface area is 159 Å². The molecule has 0 saturated carbocycles. The second-order valence-corrected chi connectivity index (χ2v) is 7.19. The number of carboxylic acids is 4. The number of carbonyl (C=O) groups is 4. The summed E-state index contributed by atoms with van der Waals surface area (Å²) in [6, 6.07) is -0.643. The molecule has 1 unspecified atom stereocenters. The van der Waals surface area contributed by atoms with E-state index in [1.165, 1.54) is 6.92 Å². The normalized spacial score (nSPS) is 11.2. The summed E-state index contributed by atoms with van der Waals surface area (Å²) in [6.45, 7) is -0.736. The number of hydrogen-bond donors (Lipinski definition) is 4. The van der Waals surface area contributed by atoms with Gasteiger partial charge in [0, 0.05) is 12.6 Å². The fraction of sp³-hybridized carbons (Fsp3) is 0.636. The van der Waals surface area contributed by atoms with Crippen LogP contribution in [0, 0.1) is 0 Å². The van der Waals surface area contributed by atoms with Crippen LogP contribution < -0.4 is 0 Å². The molecule has 0 amide bonds. The van der Waals surface area contributed by atoms with Gasteiger partial charge in [-0.05, 0) is 6.92 Å². The Morgan fingerprint density at radius 2 is 1.12 bits per heavy atom. The SMILES string of the molecule is CC(CN(CC(=O)O)CC(=O)O)N(CC(=O)O)CC(=O)O.O.[Cl][Ru][Cl]. The van der Waals surface area contributed by atoms with Crippen LogP contribution in [-0.4, -0.2) is 98.3 Å². The van der Waals surface area contributed by atoms with Crippen molar-refractivity contribution in [2.24, 2.45) is 0 Å². The van der Waals surface area contributed by atoms with E-state index < -0.39 is 56.1 Å². The van der Waals surface area contributed by atoms with Crippen molar-refractivity contribution >= 4 is 43.3 Å². The van der Waals surface area contributed by atoms with E-state index in [9.17, 15) is 19.2 Å². The zero-order valence-corrected chi connectivity index (χ0v) is 16.3. The van der Waals surface area contributed by atoms with Gasteiger partial charge in [0.05, 0.1) is 26.2 Å². The number of nitrogens with zero attached hydrogens (tertiary/aromatic N) is 2. The van der Waals surface area contributed by atoms with Crippen molar-refractivity contribution in [2.75, 3.05) is 32.7 Å². The van der Waals surface area contributed by atoms with Gasteiger partial charge in [-0.2, -0.15) is 0 Å².